The van der Waals surface area contributed by atoms with Gasteiger partial charge in [0.2, 0.25) is 11.8 Å². The lowest BCUT2D eigenvalue weighted by molar-refractivity contribution is -0.143. The summed E-state index contributed by atoms with van der Waals surface area (Å²) in [5.41, 5.74) is 5.74. The van der Waals surface area contributed by atoms with Gasteiger partial charge in [0.25, 0.3) is 0 Å². The average molecular weight is 645 g/mol. The minimum absolute atomic E-state index is 0.0242. The van der Waals surface area contributed by atoms with E-state index in [-0.39, 0.29) is 18.2 Å². The summed E-state index contributed by atoms with van der Waals surface area (Å²) in [6, 6.07) is 32.0. The van der Waals surface area contributed by atoms with Gasteiger partial charge in [0.15, 0.2) is 0 Å². The van der Waals surface area contributed by atoms with E-state index in [0.717, 1.165) is 60.8 Å². The number of carboxylic acid groups (broad SMARTS) is 1. The number of carboxylic acids is 1. The van der Waals surface area contributed by atoms with Crippen molar-refractivity contribution in [2.75, 3.05) is 13.2 Å². The lowest BCUT2D eigenvalue weighted by Crippen LogP contribution is -2.48. The Labute approximate surface area is 282 Å². The van der Waals surface area contributed by atoms with Crippen molar-refractivity contribution in [3.05, 3.63) is 125 Å². The molecule has 2 unspecified atom stereocenters. The minimum Gasteiger partial charge on any atom is -0.494 e. The molecule has 1 fully saturated rings. The summed E-state index contributed by atoms with van der Waals surface area (Å²) in [6.07, 6.45) is 6.87. The van der Waals surface area contributed by atoms with Gasteiger partial charge in [-0.25, -0.2) is 0 Å². The van der Waals surface area contributed by atoms with Crippen molar-refractivity contribution in [3.63, 3.8) is 0 Å². The number of aliphatic carboxylic acids is 1. The number of hydrogen-bond donors (Lipinski definition) is 2. The highest BCUT2D eigenvalue weighted by atomic mass is 16.5. The van der Waals surface area contributed by atoms with Gasteiger partial charge in [0, 0.05) is 13.0 Å². The molecule has 1 heterocycles. The molecule has 0 bridgehead atoms. The van der Waals surface area contributed by atoms with Crippen molar-refractivity contribution in [3.8, 4) is 16.9 Å². The standard InChI is InChI=1S/C41H44N2O5/c44-38(26-30-12-7-8-13-30)43-24-23-33-21-22-35(48-25-9-14-29-10-3-1-4-11-29)27-36(33)40(43)41(47)42-37(28-39(45)46)34-19-17-32(18-20-34)31-15-5-2-6-16-31/h1-6,10-11,15-22,27,30,37,40H,7-9,12-14,23-26,28H2,(H,42,47)(H,45,46). The quantitative estimate of drug-likeness (QED) is 0.146. The summed E-state index contributed by atoms with van der Waals surface area (Å²) in [7, 11) is 0. The normalized spacial score (nSPS) is 16.6. The number of aryl methyl sites for hydroxylation is 1. The number of nitrogens with zero attached hydrogens (tertiary/aromatic N) is 1. The molecule has 0 spiro atoms. The van der Waals surface area contributed by atoms with Crippen LogP contribution in [0.4, 0.5) is 0 Å². The van der Waals surface area contributed by atoms with E-state index in [1.807, 2.05) is 91.0 Å². The van der Waals surface area contributed by atoms with E-state index < -0.39 is 18.1 Å². The monoisotopic (exact) mass is 644 g/mol. The van der Waals surface area contributed by atoms with Gasteiger partial charge in [-0.2, -0.15) is 0 Å². The highest BCUT2D eigenvalue weighted by Gasteiger charge is 2.38. The third kappa shape index (κ3) is 8.32. The molecule has 1 saturated carbocycles. The number of nitrogens with one attached hydrogen (secondary N) is 1. The molecule has 2 N–H and O–H groups in total. The summed E-state index contributed by atoms with van der Waals surface area (Å²) in [4.78, 5) is 41.9. The number of hydrogen-bond acceptors (Lipinski definition) is 4. The zero-order chi connectivity index (χ0) is 33.3. The van der Waals surface area contributed by atoms with E-state index >= 15 is 0 Å². The van der Waals surface area contributed by atoms with E-state index in [0.29, 0.717) is 43.2 Å². The van der Waals surface area contributed by atoms with Crippen LogP contribution in [0.1, 0.15) is 79.3 Å². The zero-order valence-corrected chi connectivity index (χ0v) is 27.4. The van der Waals surface area contributed by atoms with E-state index in [2.05, 4.69) is 17.4 Å². The van der Waals surface area contributed by atoms with Crippen molar-refractivity contribution in [1.29, 1.82) is 0 Å². The van der Waals surface area contributed by atoms with Gasteiger partial charge >= 0.3 is 5.97 Å². The van der Waals surface area contributed by atoms with Crippen LogP contribution in [0.3, 0.4) is 0 Å². The molecule has 2 atom stereocenters. The molecule has 2 amide bonds. The van der Waals surface area contributed by atoms with Gasteiger partial charge in [-0.05, 0) is 83.5 Å². The fraction of sp³-hybridized carbons (Fsp3) is 0.341. The first-order chi connectivity index (χ1) is 23.4. The Kier molecular flexibility index (Phi) is 10.9. The SMILES string of the molecule is O=C(O)CC(NC(=O)C1c2cc(OCCCc3ccccc3)ccc2CCN1C(=O)CC1CCCC1)c1ccc(-c2ccccc2)cc1. The largest absolute Gasteiger partial charge is 0.494 e. The topological polar surface area (TPSA) is 95.9 Å². The molecular weight excluding hydrogens is 600 g/mol. The second-order valence-electron chi connectivity index (χ2n) is 13.0. The Morgan fingerprint density at radius 1 is 0.854 bits per heavy atom. The van der Waals surface area contributed by atoms with E-state index in [1.54, 1.807) is 4.90 Å². The summed E-state index contributed by atoms with van der Waals surface area (Å²) in [6.45, 7) is 0.956. The minimum atomic E-state index is -1.02. The van der Waals surface area contributed by atoms with Gasteiger partial charge in [-0.1, -0.05) is 104 Å². The third-order valence-electron chi connectivity index (χ3n) is 9.69. The van der Waals surface area contributed by atoms with Crippen LogP contribution in [0.25, 0.3) is 11.1 Å². The molecule has 7 heteroatoms. The first-order valence-corrected chi connectivity index (χ1v) is 17.2. The molecule has 0 radical (unpaired) electrons. The summed E-state index contributed by atoms with van der Waals surface area (Å²) in [5.74, 6) is -0.427. The Balaban J connectivity index is 1.24. The molecule has 0 aromatic heterocycles. The zero-order valence-electron chi connectivity index (χ0n) is 27.4. The highest BCUT2D eigenvalue weighted by molar-refractivity contribution is 5.90. The summed E-state index contributed by atoms with van der Waals surface area (Å²) >= 11 is 0. The van der Waals surface area contributed by atoms with Crippen LogP contribution in [0, 0.1) is 5.92 Å². The van der Waals surface area contributed by atoms with Crippen LogP contribution in [0.5, 0.6) is 5.75 Å². The Bertz CT molecular complexity index is 1680. The molecule has 1 aliphatic heterocycles. The maximum absolute atomic E-state index is 14.4. The fourth-order valence-electron chi connectivity index (χ4n) is 7.14. The van der Waals surface area contributed by atoms with Crippen LogP contribution >= 0.6 is 0 Å². The molecule has 1 aliphatic carbocycles. The highest BCUT2D eigenvalue weighted by Crippen LogP contribution is 2.36. The van der Waals surface area contributed by atoms with Crippen molar-refractivity contribution in [2.45, 2.75) is 69.9 Å². The third-order valence-corrected chi connectivity index (χ3v) is 9.69. The number of fused-ring (bicyclic) bond motifs is 1. The summed E-state index contributed by atoms with van der Waals surface area (Å²) < 4.78 is 6.16. The average Bonchev–Trinajstić information content (AvgIpc) is 3.63. The fourth-order valence-corrected chi connectivity index (χ4v) is 7.14. The van der Waals surface area contributed by atoms with Crippen molar-refractivity contribution < 1.29 is 24.2 Å². The first kappa shape index (κ1) is 33.0. The van der Waals surface area contributed by atoms with Crippen molar-refractivity contribution in [1.82, 2.24) is 10.2 Å². The molecule has 2 aliphatic rings. The molecular formula is C41H44N2O5. The van der Waals surface area contributed by atoms with Gasteiger partial charge in [-0.15, -0.1) is 0 Å². The van der Waals surface area contributed by atoms with Crippen LogP contribution in [-0.4, -0.2) is 40.9 Å². The van der Waals surface area contributed by atoms with Crippen LogP contribution in [0.15, 0.2) is 103 Å². The Morgan fingerprint density at radius 2 is 1.54 bits per heavy atom. The molecule has 6 rings (SSSR count). The second kappa shape index (κ2) is 15.8. The van der Waals surface area contributed by atoms with Gasteiger partial charge in [0.05, 0.1) is 19.1 Å². The molecule has 7 nitrogen and oxygen atoms in total. The number of ether oxygens (including phenoxy) is 1. The smallest absolute Gasteiger partial charge is 0.305 e. The lowest BCUT2D eigenvalue weighted by atomic mass is 9.90. The lowest BCUT2D eigenvalue weighted by Gasteiger charge is -2.38. The maximum atomic E-state index is 14.4. The molecule has 0 saturated heterocycles. The van der Waals surface area contributed by atoms with E-state index in [4.69, 9.17) is 4.74 Å². The molecule has 48 heavy (non-hydrogen) atoms. The molecule has 248 valence electrons. The second-order valence-corrected chi connectivity index (χ2v) is 13.0. The number of rotatable bonds is 13. The van der Waals surface area contributed by atoms with E-state index in [9.17, 15) is 19.5 Å². The Morgan fingerprint density at radius 3 is 2.25 bits per heavy atom. The molecule has 4 aromatic carbocycles. The first-order valence-electron chi connectivity index (χ1n) is 17.2. The van der Waals surface area contributed by atoms with Gasteiger partial charge < -0.3 is 20.1 Å². The van der Waals surface area contributed by atoms with Crippen LogP contribution in [0.2, 0.25) is 0 Å². The number of carbonyl (C=O) groups excluding carboxylic acids is 2. The van der Waals surface area contributed by atoms with Crippen molar-refractivity contribution in [2.24, 2.45) is 5.92 Å². The predicted octanol–water partition coefficient (Wildman–Crippen LogP) is 7.70. The number of benzene rings is 4. The predicted molar refractivity (Wildman–Crippen MR) is 186 cm³/mol. The maximum Gasteiger partial charge on any atom is 0.305 e. The van der Waals surface area contributed by atoms with Gasteiger partial charge in [0.1, 0.15) is 11.8 Å². The number of amides is 2. The molecule has 4 aromatic rings. The van der Waals surface area contributed by atoms with Crippen molar-refractivity contribution >= 4 is 17.8 Å². The van der Waals surface area contributed by atoms with Gasteiger partial charge in [-0.3, -0.25) is 14.4 Å². The van der Waals surface area contributed by atoms with Crippen LogP contribution in [-0.2, 0) is 27.2 Å². The summed E-state index contributed by atoms with van der Waals surface area (Å²) in [5, 5.41) is 12.9. The van der Waals surface area contributed by atoms with Crippen LogP contribution < -0.4 is 10.1 Å². The number of carbonyl (C=O) groups is 3. The van der Waals surface area contributed by atoms with E-state index in [1.165, 1.54) is 5.56 Å². The Hall–Kier alpha value is -4.91.